The van der Waals surface area contributed by atoms with Gasteiger partial charge in [-0.25, -0.2) is 0 Å². The Labute approximate surface area is 382 Å². The number of fused-ring (bicyclic) bond motifs is 8. The van der Waals surface area contributed by atoms with Crippen molar-refractivity contribution in [3.8, 4) is 0 Å². The van der Waals surface area contributed by atoms with Crippen LogP contribution in [0.25, 0.3) is 0 Å². The number of rotatable bonds is 5. The summed E-state index contributed by atoms with van der Waals surface area (Å²) in [5.41, 5.74) is 14.3. The van der Waals surface area contributed by atoms with Crippen molar-refractivity contribution in [3.63, 3.8) is 0 Å². The third-order valence-corrected chi connectivity index (χ3v) is 12.4. The van der Waals surface area contributed by atoms with Crippen molar-refractivity contribution in [1.82, 2.24) is 0 Å². The van der Waals surface area contributed by atoms with Crippen LogP contribution >= 0.6 is 0 Å². The maximum atomic E-state index is 2.50. The van der Waals surface area contributed by atoms with Gasteiger partial charge in [0.2, 0.25) is 0 Å². The highest BCUT2D eigenvalue weighted by Gasteiger charge is 2.28. The Morgan fingerprint density at radius 2 is 0.538 bits per heavy atom. The first kappa shape index (κ1) is 39.6. The second kappa shape index (κ2) is 17.8. The first-order valence-corrected chi connectivity index (χ1v) is 22.6. The van der Waals surface area contributed by atoms with Gasteiger partial charge in [-0.2, -0.15) is 0 Å². The summed E-state index contributed by atoms with van der Waals surface area (Å²) < 4.78 is 0. The van der Waals surface area contributed by atoms with Crippen LogP contribution in [-0.4, -0.2) is 12.1 Å². The zero-order valence-corrected chi connectivity index (χ0v) is 36.1. The molecule has 314 valence electrons. The molecular formula is C60H49N5. The topological polar surface area (TPSA) is 16.2 Å². The average Bonchev–Trinajstić information content (AvgIpc) is 3.37. The molecule has 0 fully saturated rings. The second-order valence-electron chi connectivity index (χ2n) is 16.6. The molecule has 2 unspecified atom stereocenters. The number of para-hydroxylation sites is 5. The lowest BCUT2D eigenvalue weighted by molar-refractivity contribution is 0.774. The van der Waals surface area contributed by atoms with E-state index in [2.05, 4.69) is 285 Å². The predicted molar refractivity (Wildman–Crippen MR) is 273 cm³/mol. The van der Waals surface area contributed by atoms with Crippen LogP contribution in [0.1, 0.15) is 12.8 Å². The van der Waals surface area contributed by atoms with Gasteiger partial charge >= 0.3 is 0 Å². The van der Waals surface area contributed by atoms with Gasteiger partial charge in [0.1, 0.15) is 0 Å². The Morgan fingerprint density at radius 3 is 0.908 bits per heavy atom. The predicted octanol–water partition coefficient (Wildman–Crippen LogP) is 15.8. The van der Waals surface area contributed by atoms with Crippen LogP contribution in [0, 0.1) is 0 Å². The van der Waals surface area contributed by atoms with E-state index in [1.54, 1.807) is 0 Å². The van der Waals surface area contributed by atoms with Crippen molar-refractivity contribution in [2.45, 2.75) is 24.9 Å². The number of allylic oxidation sites excluding steroid dienone is 2. The molecule has 10 bridgehead atoms. The largest absolute Gasteiger partial charge is 0.334 e. The van der Waals surface area contributed by atoms with Gasteiger partial charge in [0.05, 0.1) is 12.1 Å². The van der Waals surface area contributed by atoms with Gasteiger partial charge in [-0.1, -0.05) is 121 Å². The van der Waals surface area contributed by atoms with E-state index in [9.17, 15) is 0 Å². The van der Waals surface area contributed by atoms with Crippen LogP contribution in [-0.2, 0) is 0 Å². The quantitative estimate of drug-likeness (QED) is 0.171. The highest BCUT2D eigenvalue weighted by Crippen LogP contribution is 2.44. The Kier molecular flexibility index (Phi) is 10.9. The number of hydrogen-bond acceptors (Lipinski definition) is 5. The molecule has 2 atom stereocenters. The Morgan fingerprint density at radius 1 is 0.262 bits per heavy atom. The summed E-state index contributed by atoms with van der Waals surface area (Å²) in [5.74, 6) is 0. The molecule has 8 aromatic rings. The van der Waals surface area contributed by atoms with Gasteiger partial charge in [0.25, 0.3) is 0 Å². The zero-order valence-electron chi connectivity index (χ0n) is 36.1. The fourth-order valence-electron chi connectivity index (χ4n) is 9.61. The molecule has 0 aromatic heterocycles. The van der Waals surface area contributed by atoms with Crippen LogP contribution in [0.3, 0.4) is 0 Å². The summed E-state index contributed by atoms with van der Waals surface area (Å²) in [7, 11) is 0. The third-order valence-electron chi connectivity index (χ3n) is 12.4. The smallest absolute Gasteiger partial charge is 0.0579 e. The van der Waals surface area contributed by atoms with Crippen molar-refractivity contribution >= 4 is 62.6 Å². The van der Waals surface area contributed by atoms with E-state index in [-0.39, 0.29) is 12.1 Å². The van der Waals surface area contributed by atoms with Crippen molar-refractivity contribution in [2.24, 2.45) is 0 Å². The minimum atomic E-state index is 0.0101. The summed E-state index contributed by atoms with van der Waals surface area (Å²) >= 11 is 0. The third kappa shape index (κ3) is 8.01. The van der Waals surface area contributed by atoms with E-state index in [1.807, 2.05) is 0 Å². The van der Waals surface area contributed by atoms with E-state index in [4.69, 9.17) is 0 Å². The highest BCUT2D eigenvalue weighted by atomic mass is 15.2. The Hall–Kier alpha value is -8.28. The normalized spacial score (nSPS) is 17.0. The van der Waals surface area contributed by atoms with E-state index in [1.165, 1.54) is 0 Å². The molecule has 0 saturated heterocycles. The number of anilines is 11. The molecule has 5 nitrogen and oxygen atoms in total. The van der Waals surface area contributed by atoms with Crippen LogP contribution in [0.4, 0.5) is 62.6 Å². The first-order chi connectivity index (χ1) is 32.2. The minimum absolute atomic E-state index is 0.0101. The van der Waals surface area contributed by atoms with Crippen LogP contribution in [0.5, 0.6) is 0 Å². The molecule has 3 aliphatic rings. The molecule has 11 rings (SSSR count). The molecule has 2 aliphatic carbocycles. The van der Waals surface area contributed by atoms with Gasteiger partial charge < -0.3 is 24.5 Å². The molecule has 65 heavy (non-hydrogen) atoms. The van der Waals surface area contributed by atoms with Gasteiger partial charge in [-0.15, -0.1) is 0 Å². The standard InChI is InChI=1S/C60H49N5/c1-6-21-46(22-7-1)61-51-31-16-33-53(41-51)62(47-23-8-2-9-24-47)55-35-18-37-57(43-55)64(49-27-12-4-13-28-49)59-39-20-40-60(45-59)65(50-29-14-5-15-30-50)58-38-19-36-56(44-58)63(48-25-10-3-11-26-48)54-34-17-32-52(61)42-54/h1-34,37-45,55-56H,35-36H2. The molecule has 0 saturated carbocycles. The van der Waals surface area contributed by atoms with Crippen molar-refractivity contribution in [2.75, 3.05) is 24.5 Å². The van der Waals surface area contributed by atoms with Crippen LogP contribution in [0.15, 0.2) is 272 Å². The summed E-state index contributed by atoms with van der Waals surface area (Å²) in [4.78, 5) is 12.2. The molecule has 0 spiro atoms. The summed E-state index contributed by atoms with van der Waals surface area (Å²) in [6.45, 7) is 0. The summed E-state index contributed by atoms with van der Waals surface area (Å²) in [6.07, 6.45) is 15.8. The van der Waals surface area contributed by atoms with Crippen LogP contribution in [0.2, 0.25) is 0 Å². The van der Waals surface area contributed by atoms with E-state index >= 15 is 0 Å². The van der Waals surface area contributed by atoms with Crippen molar-refractivity contribution in [1.29, 1.82) is 0 Å². The molecule has 1 heterocycles. The highest BCUT2D eigenvalue weighted by molar-refractivity contribution is 5.84. The van der Waals surface area contributed by atoms with Gasteiger partial charge in [-0.3, -0.25) is 0 Å². The molecule has 5 heteroatoms. The lowest BCUT2D eigenvalue weighted by Crippen LogP contribution is -2.33. The number of hydrogen-bond donors (Lipinski definition) is 0. The van der Waals surface area contributed by atoms with Crippen molar-refractivity contribution < 1.29 is 0 Å². The van der Waals surface area contributed by atoms with Crippen LogP contribution < -0.4 is 24.5 Å². The second-order valence-corrected chi connectivity index (χ2v) is 16.6. The molecule has 8 aromatic carbocycles. The van der Waals surface area contributed by atoms with Gasteiger partial charge in [-0.05, 0) is 152 Å². The zero-order chi connectivity index (χ0) is 43.4. The fraction of sp³-hybridized carbons (Fsp3) is 0.0667. The SMILES string of the molecule is C1=CC2=CC(C1)N(c1ccccc1)c1cccc(c1)N(c1ccccc1)c1cccc(c1)N(c1ccccc1)C1C=C(C=CC1)N(c1ccccc1)c1cccc(c1)N2c1ccccc1. The Balaban J connectivity index is 1.18. The first-order valence-electron chi connectivity index (χ1n) is 22.6. The Bertz CT molecular complexity index is 2830. The fourth-order valence-corrected chi connectivity index (χ4v) is 9.61. The molecule has 0 radical (unpaired) electrons. The lowest BCUT2D eigenvalue weighted by atomic mass is 10.00. The minimum Gasteiger partial charge on any atom is -0.334 e. The molecule has 0 amide bonds. The number of nitrogens with zero attached hydrogens (tertiary/aromatic N) is 5. The van der Waals surface area contributed by atoms with E-state index < -0.39 is 0 Å². The summed E-state index contributed by atoms with van der Waals surface area (Å²) in [5, 5.41) is 0. The van der Waals surface area contributed by atoms with E-state index in [0.29, 0.717) is 0 Å². The monoisotopic (exact) mass is 839 g/mol. The average molecular weight is 840 g/mol. The molecular weight excluding hydrogens is 791 g/mol. The van der Waals surface area contributed by atoms with Gasteiger partial charge in [0, 0.05) is 74.0 Å². The molecule has 1 aliphatic heterocycles. The van der Waals surface area contributed by atoms with Gasteiger partial charge in [0.15, 0.2) is 0 Å². The number of benzene rings is 8. The lowest BCUT2D eigenvalue weighted by Gasteiger charge is -2.38. The molecule has 0 N–H and O–H groups in total. The van der Waals surface area contributed by atoms with E-state index in [0.717, 1.165) is 86.8 Å². The summed E-state index contributed by atoms with van der Waals surface area (Å²) in [6, 6.07) is 81.0. The maximum Gasteiger partial charge on any atom is 0.0579 e. The maximum absolute atomic E-state index is 2.50. The van der Waals surface area contributed by atoms with Crippen molar-refractivity contribution in [3.05, 3.63) is 272 Å².